The van der Waals surface area contributed by atoms with Crippen LogP contribution < -0.4 is 10.5 Å². The van der Waals surface area contributed by atoms with Crippen LogP contribution in [0.15, 0.2) is 18.2 Å². The number of rotatable bonds is 3. The van der Waals surface area contributed by atoms with E-state index in [1.54, 1.807) is 0 Å². The highest BCUT2D eigenvalue weighted by atomic mass is 16.5. The summed E-state index contributed by atoms with van der Waals surface area (Å²) in [6, 6.07) is 3.95. The summed E-state index contributed by atoms with van der Waals surface area (Å²) < 4.78 is 39.7. The summed E-state index contributed by atoms with van der Waals surface area (Å²) in [5.41, 5.74) is 5.64. The van der Waals surface area contributed by atoms with Gasteiger partial charge < -0.3 is 15.6 Å². The van der Waals surface area contributed by atoms with E-state index in [2.05, 4.69) is 4.74 Å². The Bertz CT molecular complexity index is 399. The van der Waals surface area contributed by atoms with Crippen molar-refractivity contribution in [2.75, 3.05) is 13.5 Å². The maximum absolute atomic E-state index is 9.40. The minimum absolute atomic E-state index is 0.107. The van der Waals surface area contributed by atoms with Gasteiger partial charge in [-0.25, -0.2) is 0 Å². The van der Waals surface area contributed by atoms with E-state index in [1.165, 1.54) is 18.2 Å². The third kappa shape index (κ3) is 1.89. The Labute approximate surface area is 78.8 Å². The summed E-state index contributed by atoms with van der Waals surface area (Å²) in [4.78, 5) is 0. The molecule has 1 aromatic rings. The fraction of sp³-hybridized carbons (Fsp3) is 0.333. The molecule has 0 aliphatic rings. The lowest BCUT2D eigenvalue weighted by Crippen LogP contribution is -2.02. The minimum Gasteiger partial charge on any atom is -0.504 e. The van der Waals surface area contributed by atoms with E-state index in [0.717, 1.165) is 0 Å². The third-order valence-electron chi connectivity index (χ3n) is 1.44. The van der Waals surface area contributed by atoms with Gasteiger partial charge in [-0.1, -0.05) is 6.07 Å². The molecule has 66 valence electrons. The second-order valence-corrected chi connectivity index (χ2v) is 2.29. The van der Waals surface area contributed by atoms with E-state index in [0.29, 0.717) is 5.56 Å². The lowest BCUT2D eigenvalue weighted by Gasteiger charge is -2.05. The molecule has 0 fully saturated rings. The average Bonchev–Trinajstić information content (AvgIpc) is 2.05. The first-order valence-electron chi connectivity index (χ1n) is 5.87. The summed E-state index contributed by atoms with van der Waals surface area (Å²) in [7, 11) is -2.67. The van der Waals surface area contributed by atoms with Crippen LogP contribution in [0.3, 0.4) is 0 Å². The topological polar surface area (TPSA) is 55.5 Å². The van der Waals surface area contributed by atoms with E-state index in [9.17, 15) is 5.11 Å². The molecule has 0 saturated heterocycles. The molecule has 12 heavy (non-hydrogen) atoms. The first-order chi connectivity index (χ1) is 7.57. The molecule has 1 aromatic carbocycles. The molecule has 0 spiro atoms. The number of phenolic OH excluding ortho intramolecular Hbond substituents is 1. The molecule has 0 amide bonds. The van der Waals surface area contributed by atoms with E-state index in [4.69, 9.17) is 12.6 Å². The third-order valence-corrected chi connectivity index (χ3v) is 1.44. The molecule has 1 rings (SSSR count). The fourth-order valence-electron chi connectivity index (χ4n) is 0.868. The number of methoxy groups -OCH3 is 1. The fourth-order valence-corrected chi connectivity index (χ4v) is 0.868. The predicted octanol–water partition coefficient (Wildman–Crippen LogP) is 0.902. The summed E-state index contributed by atoms with van der Waals surface area (Å²) in [5.74, 6) is -0.533. The van der Waals surface area contributed by atoms with Gasteiger partial charge in [0.15, 0.2) is 11.5 Å². The van der Waals surface area contributed by atoms with Crippen molar-refractivity contribution in [2.24, 2.45) is 5.73 Å². The highest BCUT2D eigenvalue weighted by Gasteiger charge is 2.00. The molecule has 3 N–H and O–H groups in total. The van der Waals surface area contributed by atoms with Crippen molar-refractivity contribution < 1.29 is 16.7 Å². The van der Waals surface area contributed by atoms with Gasteiger partial charge >= 0.3 is 0 Å². The number of aromatic hydroxyl groups is 1. The summed E-state index contributed by atoms with van der Waals surface area (Å²) in [5, 5.41) is 9.40. The van der Waals surface area contributed by atoms with Crippen LogP contribution in [0.4, 0.5) is 0 Å². The average molecular weight is 173 g/mol. The molecule has 3 heteroatoms. The number of ether oxygens (including phenoxy) is 1. The van der Waals surface area contributed by atoms with Gasteiger partial charge in [-0.2, -0.15) is 0 Å². The number of hydrogen-bond acceptors (Lipinski definition) is 3. The van der Waals surface area contributed by atoms with Gasteiger partial charge in [0.25, 0.3) is 0 Å². The zero-order valence-electron chi connectivity index (χ0n) is 11.4. The van der Waals surface area contributed by atoms with Gasteiger partial charge in [0.05, 0.1) is 11.2 Å². The second kappa shape index (κ2) is 3.97. The van der Waals surface area contributed by atoms with Gasteiger partial charge in [-0.15, -0.1) is 0 Å². The smallest absolute Gasteiger partial charge is 0.160 e. The standard InChI is InChI=1S/C9H13NO2/c1-12-9-6-7(4-5-10)2-3-8(9)11/h2-3,6,11H,4-5,10H2,1H3/i1+1D3,5D2. The zero-order chi connectivity index (χ0) is 13.3. The Morgan fingerprint density at radius 3 is 3.25 bits per heavy atom. The Morgan fingerprint density at radius 2 is 2.58 bits per heavy atom. The van der Waals surface area contributed by atoms with Gasteiger partial charge in [-0.3, -0.25) is 0 Å². The Kier molecular flexibility index (Phi) is 1.37. The van der Waals surface area contributed by atoms with Crippen LogP contribution >= 0.6 is 0 Å². The number of nitrogens with two attached hydrogens (primary N) is 1. The van der Waals surface area contributed by atoms with Crippen LogP contribution in [0, 0.1) is 0 Å². The molecule has 0 saturated carbocycles. The van der Waals surface area contributed by atoms with Crippen LogP contribution in [0.2, 0.25) is 0 Å². The van der Waals surface area contributed by atoms with Crippen molar-refractivity contribution in [1.82, 2.24) is 0 Å². The summed E-state index contributed by atoms with van der Waals surface area (Å²) in [6.45, 7) is -1.91. The molecular weight excluding hydrogens is 155 g/mol. The van der Waals surface area contributed by atoms with Crippen molar-refractivity contribution in [2.45, 2.75) is 6.42 Å². The number of hydrogen-bond donors (Lipinski definition) is 2. The van der Waals surface area contributed by atoms with Gasteiger partial charge in [-0.05, 0) is 30.6 Å². The molecule has 0 radical (unpaired) electrons. The second-order valence-electron chi connectivity index (χ2n) is 2.29. The number of phenols is 1. The maximum atomic E-state index is 9.40. The Morgan fingerprint density at radius 1 is 1.75 bits per heavy atom. The highest BCUT2D eigenvalue weighted by molar-refractivity contribution is 5.41. The predicted molar refractivity (Wildman–Crippen MR) is 47.4 cm³/mol. The quantitative estimate of drug-likeness (QED) is 0.668. The van der Waals surface area contributed by atoms with E-state index in [-0.39, 0.29) is 17.9 Å². The first-order valence-corrected chi connectivity index (χ1v) is 3.37. The molecule has 0 heterocycles. The van der Waals surface area contributed by atoms with Crippen molar-refractivity contribution >= 4 is 0 Å². The lowest BCUT2D eigenvalue weighted by atomic mass is 10.1. The molecule has 0 aromatic heterocycles. The van der Waals surface area contributed by atoms with Crippen LogP contribution in [0.5, 0.6) is 11.5 Å². The largest absolute Gasteiger partial charge is 0.504 e. The van der Waals surface area contributed by atoms with E-state index >= 15 is 0 Å². The molecule has 3 nitrogen and oxygen atoms in total. The van der Waals surface area contributed by atoms with Crippen LogP contribution in [-0.2, 0) is 6.42 Å². The molecule has 0 atom stereocenters. The lowest BCUT2D eigenvalue weighted by molar-refractivity contribution is 0.373. The van der Waals surface area contributed by atoms with Crippen LogP contribution in [-0.4, -0.2) is 18.6 Å². The highest BCUT2D eigenvalue weighted by Crippen LogP contribution is 2.26. The van der Waals surface area contributed by atoms with E-state index < -0.39 is 13.5 Å². The molecular formula is C9H13NO2. The molecule has 0 unspecified atom stereocenters. The van der Waals surface area contributed by atoms with Gasteiger partial charge in [0.2, 0.25) is 0 Å². The van der Waals surface area contributed by atoms with Gasteiger partial charge in [0, 0.05) is 2.74 Å². The van der Waals surface area contributed by atoms with Crippen molar-refractivity contribution in [3.05, 3.63) is 23.8 Å². The first kappa shape index (κ1) is 4.14. The molecule has 0 aliphatic carbocycles. The van der Waals surface area contributed by atoms with E-state index in [1.807, 2.05) is 0 Å². The normalized spacial score (nSPS) is 18.2. The van der Waals surface area contributed by atoms with Crippen molar-refractivity contribution in [3.8, 4) is 11.5 Å². The Hall–Kier alpha value is -1.22. The van der Waals surface area contributed by atoms with Crippen LogP contribution in [0.1, 0.15) is 12.4 Å². The summed E-state index contributed by atoms with van der Waals surface area (Å²) >= 11 is 0. The van der Waals surface area contributed by atoms with Crippen molar-refractivity contribution in [1.29, 1.82) is 0 Å². The Balaban J connectivity index is 2.95. The SMILES string of the molecule is [2H]C([2H])(N)Cc1ccc(O)c(O[13C]([2H])([2H])[2H])c1. The number of benzene rings is 1. The maximum Gasteiger partial charge on any atom is 0.160 e. The summed E-state index contributed by atoms with van der Waals surface area (Å²) in [6.07, 6.45) is -0.107. The van der Waals surface area contributed by atoms with Crippen LogP contribution in [0.25, 0.3) is 0 Å². The van der Waals surface area contributed by atoms with Gasteiger partial charge in [0.1, 0.15) is 0 Å². The zero-order valence-corrected chi connectivity index (χ0v) is 6.37. The minimum atomic E-state index is -2.67. The molecule has 0 aliphatic heterocycles. The monoisotopic (exact) mass is 173 g/mol. The number of aryl methyl sites for hydroxylation is 1. The molecule has 0 bridgehead atoms. The van der Waals surface area contributed by atoms with Crippen molar-refractivity contribution in [3.63, 3.8) is 0 Å².